The maximum Gasteiger partial charge on any atom is 0.143 e. The van der Waals surface area contributed by atoms with Crippen molar-refractivity contribution in [3.8, 4) is 0 Å². The molecule has 0 heterocycles. The first kappa shape index (κ1) is 18.3. The fourth-order valence-electron chi connectivity index (χ4n) is 7.80. The second-order valence-electron chi connectivity index (χ2n) is 10.1. The summed E-state index contributed by atoms with van der Waals surface area (Å²) in [6.45, 7) is 4.44. The van der Waals surface area contributed by atoms with Crippen LogP contribution in [0.4, 0.5) is 0 Å². The highest BCUT2D eigenvalue weighted by Gasteiger charge is 2.63. The highest BCUT2D eigenvalue weighted by Crippen LogP contribution is 2.66. The molecular formula is C22H32O4. The number of aliphatic hydroxyl groups is 1. The zero-order valence-corrected chi connectivity index (χ0v) is 16.1. The van der Waals surface area contributed by atoms with Gasteiger partial charge in [0.1, 0.15) is 17.9 Å². The molecule has 8 atom stereocenters. The van der Waals surface area contributed by atoms with Gasteiger partial charge in [-0.2, -0.15) is 0 Å². The number of aliphatic hydroxyl groups excluding tert-OH is 1. The van der Waals surface area contributed by atoms with Crippen LogP contribution >= 0.6 is 0 Å². The van der Waals surface area contributed by atoms with Crippen molar-refractivity contribution in [2.24, 2.45) is 40.4 Å². The summed E-state index contributed by atoms with van der Waals surface area (Å²) in [6.07, 6.45) is 7.61. The Kier molecular flexibility index (Phi) is 4.41. The summed E-state index contributed by atoms with van der Waals surface area (Å²) in [5, 5.41) is 10.1. The van der Waals surface area contributed by atoms with E-state index in [1.54, 1.807) is 0 Å². The van der Waals surface area contributed by atoms with Crippen LogP contribution in [0.5, 0.6) is 0 Å². The van der Waals surface area contributed by atoms with Crippen molar-refractivity contribution in [3.05, 3.63) is 0 Å². The number of fused-ring (bicyclic) bond motifs is 5. The number of carbonyl (C=O) groups excluding carboxylic acids is 3. The van der Waals surface area contributed by atoms with E-state index in [2.05, 4.69) is 13.8 Å². The van der Waals surface area contributed by atoms with Gasteiger partial charge in [0.15, 0.2) is 0 Å². The number of carbonyl (C=O) groups is 3. The van der Waals surface area contributed by atoms with E-state index >= 15 is 0 Å². The molecule has 0 aromatic rings. The minimum absolute atomic E-state index is 0.00700. The molecule has 0 amide bonds. The van der Waals surface area contributed by atoms with E-state index in [-0.39, 0.29) is 41.0 Å². The molecule has 4 fully saturated rings. The third-order valence-corrected chi connectivity index (χ3v) is 8.99. The number of Topliss-reactive ketones (excluding diaryl/α,β-unsaturated/α-hetero) is 2. The molecule has 4 aliphatic rings. The van der Waals surface area contributed by atoms with Crippen molar-refractivity contribution in [1.29, 1.82) is 0 Å². The zero-order chi connectivity index (χ0) is 18.7. The van der Waals surface area contributed by atoms with E-state index < -0.39 is 0 Å². The number of rotatable bonds is 3. The van der Waals surface area contributed by atoms with Gasteiger partial charge in [0.05, 0.1) is 12.5 Å². The topological polar surface area (TPSA) is 71.4 Å². The minimum Gasteiger partial charge on any atom is -0.393 e. The van der Waals surface area contributed by atoms with Gasteiger partial charge in [-0.1, -0.05) is 13.8 Å². The molecule has 4 saturated carbocycles. The summed E-state index contributed by atoms with van der Waals surface area (Å²) in [4.78, 5) is 36.8. The summed E-state index contributed by atoms with van der Waals surface area (Å²) in [5.74, 6) is 1.63. The maximum atomic E-state index is 13.4. The fourth-order valence-corrected chi connectivity index (χ4v) is 7.80. The lowest BCUT2D eigenvalue weighted by molar-refractivity contribution is -0.162. The Morgan fingerprint density at radius 1 is 1.15 bits per heavy atom. The van der Waals surface area contributed by atoms with Crippen LogP contribution in [0.1, 0.15) is 71.6 Å². The van der Waals surface area contributed by atoms with Crippen molar-refractivity contribution < 1.29 is 19.5 Å². The smallest absolute Gasteiger partial charge is 0.143 e. The standard InChI is InChI=1S/C22H32O4/c1-21-9-7-14(24)11-13(21)3-4-15-16-5-6-17(18(25)8-10-23)22(16,2)12-19(26)20(15)21/h10,13-17,20,24H,3-9,11-12H2,1-2H3/t13-,14+,15-,16-,17+,20+,21-,22-/m0/s1. The van der Waals surface area contributed by atoms with Gasteiger partial charge in [-0.15, -0.1) is 0 Å². The Bertz CT molecular complexity index is 628. The van der Waals surface area contributed by atoms with E-state index in [9.17, 15) is 19.5 Å². The summed E-state index contributed by atoms with van der Waals surface area (Å²) in [5.41, 5.74) is -0.235. The van der Waals surface area contributed by atoms with E-state index in [1.165, 1.54) is 0 Å². The van der Waals surface area contributed by atoms with Crippen molar-refractivity contribution in [3.63, 3.8) is 0 Å². The van der Waals surface area contributed by atoms with Crippen LogP contribution in [0.3, 0.4) is 0 Å². The Hall–Kier alpha value is -1.03. The molecule has 4 aliphatic carbocycles. The number of aldehydes is 1. The Balaban J connectivity index is 1.64. The van der Waals surface area contributed by atoms with E-state index in [0.717, 1.165) is 44.9 Å². The predicted molar refractivity (Wildman–Crippen MR) is 97.3 cm³/mol. The van der Waals surface area contributed by atoms with E-state index in [0.29, 0.717) is 36.2 Å². The number of ketones is 2. The second kappa shape index (κ2) is 6.25. The van der Waals surface area contributed by atoms with Crippen molar-refractivity contribution in [2.45, 2.75) is 77.7 Å². The molecule has 4 heteroatoms. The van der Waals surface area contributed by atoms with Crippen LogP contribution in [0.2, 0.25) is 0 Å². The monoisotopic (exact) mass is 360 g/mol. The molecule has 0 radical (unpaired) electrons. The summed E-state index contributed by atoms with van der Waals surface area (Å²) >= 11 is 0. The average Bonchev–Trinajstić information content (AvgIpc) is 2.92. The Labute approximate surface area is 156 Å². The van der Waals surface area contributed by atoms with Gasteiger partial charge in [0.25, 0.3) is 0 Å². The summed E-state index contributed by atoms with van der Waals surface area (Å²) in [7, 11) is 0. The van der Waals surface area contributed by atoms with Gasteiger partial charge < -0.3 is 9.90 Å². The first-order valence-electron chi connectivity index (χ1n) is 10.5. The molecule has 0 saturated heterocycles. The first-order valence-corrected chi connectivity index (χ1v) is 10.5. The SMILES string of the molecule is C[C@]12CC[C@@H](O)C[C@@H]1CC[C@H]1[C@@H]3CC[C@H](C(=O)CC=O)[C@@]3(C)CC(=O)[C@@H]12. The van der Waals surface area contributed by atoms with Crippen molar-refractivity contribution in [2.75, 3.05) is 0 Å². The second-order valence-corrected chi connectivity index (χ2v) is 10.1. The third-order valence-electron chi connectivity index (χ3n) is 8.99. The molecule has 4 nitrogen and oxygen atoms in total. The van der Waals surface area contributed by atoms with Crippen LogP contribution in [0, 0.1) is 40.4 Å². The van der Waals surface area contributed by atoms with E-state index in [1.807, 2.05) is 0 Å². The quantitative estimate of drug-likeness (QED) is 0.619. The fraction of sp³-hybridized carbons (Fsp3) is 0.864. The molecule has 0 unspecified atom stereocenters. The van der Waals surface area contributed by atoms with Gasteiger partial charge in [0, 0.05) is 18.3 Å². The van der Waals surface area contributed by atoms with Gasteiger partial charge in [-0.25, -0.2) is 0 Å². The predicted octanol–water partition coefficient (Wildman–Crippen LogP) is 3.34. The summed E-state index contributed by atoms with van der Waals surface area (Å²) < 4.78 is 0. The highest BCUT2D eigenvalue weighted by molar-refractivity contribution is 5.93. The molecule has 0 aromatic carbocycles. The zero-order valence-electron chi connectivity index (χ0n) is 16.1. The molecule has 4 rings (SSSR count). The molecule has 26 heavy (non-hydrogen) atoms. The molecule has 144 valence electrons. The molecule has 0 aromatic heterocycles. The van der Waals surface area contributed by atoms with Crippen LogP contribution in [0.15, 0.2) is 0 Å². The summed E-state index contributed by atoms with van der Waals surface area (Å²) in [6, 6.07) is 0. The molecule has 0 spiro atoms. The maximum absolute atomic E-state index is 13.4. The number of hydrogen-bond acceptors (Lipinski definition) is 4. The normalized spacial score (nSPS) is 50.5. The average molecular weight is 360 g/mol. The van der Waals surface area contributed by atoms with Gasteiger partial charge in [0.2, 0.25) is 0 Å². The lowest BCUT2D eigenvalue weighted by Gasteiger charge is -2.59. The largest absolute Gasteiger partial charge is 0.393 e. The molecular weight excluding hydrogens is 328 g/mol. The van der Waals surface area contributed by atoms with E-state index in [4.69, 9.17) is 0 Å². The van der Waals surface area contributed by atoms with Crippen molar-refractivity contribution >= 4 is 17.9 Å². The van der Waals surface area contributed by atoms with Gasteiger partial charge in [-0.05, 0) is 73.5 Å². The van der Waals surface area contributed by atoms with Crippen LogP contribution in [-0.4, -0.2) is 29.1 Å². The first-order chi connectivity index (χ1) is 12.3. The number of hydrogen-bond donors (Lipinski definition) is 1. The third kappa shape index (κ3) is 2.47. The minimum atomic E-state index is -0.254. The molecule has 0 aliphatic heterocycles. The lowest BCUT2D eigenvalue weighted by atomic mass is 9.44. The van der Waals surface area contributed by atoms with Crippen LogP contribution in [-0.2, 0) is 14.4 Å². The highest BCUT2D eigenvalue weighted by atomic mass is 16.3. The molecule has 0 bridgehead atoms. The van der Waals surface area contributed by atoms with Crippen molar-refractivity contribution in [1.82, 2.24) is 0 Å². The molecule has 1 N–H and O–H groups in total. The van der Waals surface area contributed by atoms with Crippen LogP contribution < -0.4 is 0 Å². The van der Waals surface area contributed by atoms with Crippen LogP contribution in [0.25, 0.3) is 0 Å². The van der Waals surface area contributed by atoms with Gasteiger partial charge >= 0.3 is 0 Å². The Morgan fingerprint density at radius 2 is 1.92 bits per heavy atom. The van der Waals surface area contributed by atoms with Gasteiger partial charge in [-0.3, -0.25) is 9.59 Å². The lowest BCUT2D eigenvalue weighted by Crippen LogP contribution is -2.58. The Morgan fingerprint density at radius 3 is 2.65 bits per heavy atom.